The molecule has 2 aromatic rings. The van der Waals surface area contributed by atoms with Crippen molar-refractivity contribution in [2.45, 2.75) is 58.4 Å². The monoisotopic (exact) mass is 471 g/mol. The molecule has 1 aromatic heterocycles. The molecule has 3 amide bonds. The van der Waals surface area contributed by atoms with E-state index >= 15 is 0 Å². The van der Waals surface area contributed by atoms with Gasteiger partial charge in [0.15, 0.2) is 5.69 Å². The van der Waals surface area contributed by atoms with Gasteiger partial charge in [0.25, 0.3) is 11.8 Å². The number of nitrogens with zero attached hydrogens (tertiary/aromatic N) is 2. The zero-order valence-electron chi connectivity index (χ0n) is 19.3. The molecule has 9 heteroatoms. The van der Waals surface area contributed by atoms with Gasteiger partial charge in [0.05, 0.1) is 5.69 Å². The average molecular weight is 472 g/mol. The summed E-state index contributed by atoms with van der Waals surface area (Å²) in [7, 11) is 0. The quantitative estimate of drug-likeness (QED) is 0.517. The van der Waals surface area contributed by atoms with Crippen LogP contribution in [0.5, 0.6) is 0 Å². The summed E-state index contributed by atoms with van der Waals surface area (Å²) in [4.78, 5) is 40.2. The van der Waals surface area contributed by atoms with Crippen molar-refractivity contribution in [2.24, 2.45) is 5.92 Å². The third kappa shape index (κ3) is 6.77. The summed E-state index contributed by atoms with van der Waals surface area (Å²) in [5.74, 6) is -0.599. The number of amides is 3. The molecular weight excluding hydrogens is 438 g/mol. The van der Waals surface area contributed by atoms with Crippen LogP contribution in [0.4, 0.5) is 11.4 Å². The summed E-state index contributed by atoms with van der Waals surface area (Å²) in [5.41, 5.74) is 6.91. The molecule has 0 radical (unpaired) electrons. The van der Waals surface area contributed by atoms with Crippen molar-refractivity contribution >= 4 is 40.6 Å². The summed E-state index contributed by atoms with van der Waals surface area (Å²) < 4.78 is 4.18. The zero-order valence-corrected chi connectivity index (χ0v) is 20.1. The number of nitrogen functional groups attached to an aromatic ring is 1. The van der Waals surface area contributed by atoms with Crippen molar-refractivity contribution in [3.8, 4) is 0 Å². The number of aromatic nitrogens is 1. The van der Waals surface area contributed by atoms with Crippen molar-refractivity contribution in [3.63, 3.8) is 0 Å². The van der Waals surface area contributed by atoms with Crippen LogP contribution < -0.4 is 21.3 Å². The van der Waals surface area contributed by atoms with E-state index in [9.17, 15) is 14.4 Å². The first-order valence-corrected chi connectivity index (χ1v) is 12.3. The maximum Gasteiger partial charge on any atom is 0.273 e. The van der Waals surface area contributed by atoms with Gasteiger partial charge >= 0.3 is 0 Å². The second kappa shape index (κ2) is 11.8. The average Bonchev–Trinajstić information content (AvgIpc) is 3.19. The van der Waals surface area contributed by atoms with Gasteiger partial charge in [0.1, 0.15) is 11.4 Å². The molecule has 0 saturated heterocycles. The second-order valence-electron chi connectivity index (χ2n) is 8.84. The van der Waals surface area contributed by atoms with E-state index in [1.165, 1.54) is 11.3 Å². The third-order valence-electron chi connectivity index (χ3n) is 5.74. The SMILES string of the molecule is CC(C)CCNC(=O)CN(C(=O)c1snc(C(=O)NC2CCCCC2)c1N)c1ccccc1. The molecule has 0 atom stereocenters. The Kier molecular flexibility index (Phi) is 8.82. The van der Waals surface area contributed by atoms with Crippen molar-refractivity contribution in [1.29, 1.82) is 0 Å². The lowest BCUT2D eigenvalue weighted by atomic mass is 9.95. The molecule has 3 rings (SSSR count). The normalized spacial score (nSPS) is 14.2. The van der Waals surface area contributed by atoms with Crippen LogP contribution >= 0.6 is 11.5 Å². The minimum atomic E-state index is -0.452. The van der Waals surface area contributed by atoms with Gasteiger partial charge in [0.2, 0.25) is 5.91 Å². The van der Waals surface area contributed by atoms with Gasteiger partial charge in [0, 0.05) is 18.3 Å². The van der Waals surface area contributed by atoms with Crippen LogP contribution in [0.3, 0.4) is 0 Å². The van der Waals surface area contributed by atoms with Crippen LogP contribution in [0, 0.1) is 5.92 Å². The lowest BCUT2D eigenvalue weighted by Crippen LogP contribution is -2.41. The topological polar surface area (TPSA) is 117 Å². The van der Waals surface area contributed by atoms with Crippen LogP contribution in [0.1, 0.15) is 72.5 Å². The molecule has 178 valence electrons. The van der Waals surface area contributed by atoms with E-state index in [-0.39, 0.29) is 40.7 Å². The van der Waals surface area contributed by atoms with Crippen LogP contribution in [-0.4, -0.2) is 41.2 Å². The fraction of sp³-hybridized carbons (Fsp3) is 0.500. The van der Waals surface area contributed by atoms with Gasteiger partial charge in [-0.3, -0.25) is 19.3 Å². The van der Waals surface area contributed by atoms with Crippen molar-refractivity contribution < 1.29 is 14.4 Å². The highest BCUT2D eigenvalue weighted by Crippen LogP contribution is 2.27. The summed E-state index contributed by atoms with van der Waals surface area (Å²) in [6.07, 6.45) is 6.10. The number of para-hydroxylation sites is 1. The molecule has 1 aliphatic carbocycles. The molecule has 0 spiro atoms. The Hall–Kier alpha value is -2.94. The Morgan fingerprint density at radius 1 is 1.15 bits per heavy atom. The minimum Gasteiger partial charge on any atom is -0.395 e. The molecule has 1 fully saturated rings. The Balaban J connectivity index is 1.75. The van der Waals surface area contributed by atoms with Crippen molar-refractivity contribution in [3.05, 3.63) is 40.9 Å². The number of anilines is 2. The maximum atomic E-state index is 13.4. The Morgan fingerprint density at radius 3 is 2.52 bits per heavy atom. The largest absolute Gasteiger partial charge is 0.395 e. The number of nitrogens with two attached hydrogens (primary N) is 1. The molecular formula is C24H33N5O3S. The van der Waals surface area contributed by atoms with E-state index in [4.69, 9.17) is 5.73 Å². The molecule has 1 aromatic carbocycles. The van der Waals surface area contributed by atoms with Gasteiger partial charge in [-0.15, -0.1) is 0 Å². The molecule has 4 N–H and O–H groups in total. The van der Waals surface area contributed by atoms with E-state index in [0.717, 1.165) is 43.6 Å². The predicted octanol–water partition coefficient (Wildman–Crippen LogP) is 3.60. The molecule has 0 aliphatic heterocycles. The van der Waals surface area contributed by atoms with Crippen molar-refractivity contribution in [1.82, 2.24) is 15.0 Å². The molecule has 1 saturated carbocycles. The first-order valence-electron chi connectivity index (χ1n) is 11.6. The fourth-order valence-corrected chi connectivity index (χ4v) is 4.57. The van der Waals surface area contributed by atoms with E-state index in [2.05, 4.69) is 28.9 Å². The molecule has 1 heterocycles. The number of hydrogen-bond acceptors (Lipinski definition) is 6. The predicted molar refractivity (Wildman–Crippen MR) is 131 cm³/mol. The Bertz CT molecular complexity index is 954. The van der Waals surface area contributed by atoms with Crippen molar-refractivity contribution in [2.75, 3.05) is 23.7 Å². The second-order valence-corrected chi connectivity index (χ2v) is 9.62. The van der Waals surface area contributed by atoms with Crippen LogP contribution in [0.25, 0.3) is 0 Å². The number of benzene rings is 1. The maximum absolute atomic E-state index is 13.4. The lowest BCUT2D eigenvalue weighted by Gasteiger charge is -2.23. The van der Waals surface area contributed by atoms with Crippen LogP contribution in [0.15, 0.2) is 30.3 Å². The van der Waals surface area contributed by atoms with Gasteiger partial charge in [-0.05, 0) is 48.8 Å². The van der Waals surface area contributed by atoms with Gasteiger partial charge in [-0.25, -0.2) is 0 Å². The highest BCUT2D eigenvalue weighted by Gasteiger charge is 2.29. The van der Waals surface area contributed by atoms with E-state index in [0.29, 0.717) is 18.2 Å². The third-order valence-corrected chi connectivity index (χ3v) is 6.59. The summed E-state index contributed by atoms with van der Waals surface area (Å²) in [6.45, 7) is 4.56. The number of carbonyl (C=O) groups excluding carboxylic acids is 3. The number of carbonyl (C=O) groups is 3. The fourth-order valence-electron chi connectivity index (χ4n) is 3.83. The number of nitrogens with one attached hydrogen (secondary N) is 2. The number of hydrogen-bond donors (Lipinski definition) is 3. The standard InChI is InChI=1S/C24H33N5O3S/c1-16(2)13-14-26-19(30)15-29(18-11-7-4-8-12-18)24(32)22-20(25)21(28-33-22)23(31)27-17-9-5-3-6-10-17/h4,7-8,11-12,16-17H,3,5-6,9-10,13-15,25H2,1-2H3,(H,26,30)(H,27,31). The summed E-state index contributed by atoms with van der Waals surface area (Å²) in [6, 6.07) is 9.06. The Labute approximate surface area is 199 Å². The molecule has 8 nitrogen and oxygen atoms in total. The van der Waals surface area contributed by atoms with E-state index < -0.39 is 5.91 Å². The highest BCUT2D eigenvalue weighted by atomic mass is 32.1. The van der Waals surface area contributed by atoms with Gasteiger partial charge < -0.3 is 16.4 Å². The van der Waals surface area contributed by atoms with E-state index in [1.54, 1.807) is 24.3 Å². The van der Waals surface area contributed by atoms with Crippen LogP contribution in [0.2, 0.25) is 0 Å². The number of rotatable bonds is 9. The molecule has 33 heavy (non-hydrogen) atoms. The van der Waals surface area contributed by atoms with Crippen LogP contribution in [-0.2, 0) is 4.79 Å². The minimum absolute atomic E-state index is 0.0551. The smallest absolute Gasteiger partial charge is 0.273 e. The highest BCUT2D eigenvalue weighted by molar-refractivity contribution is 7.09. The zero-order chi connectivity index (χ0) is 23.8. The summed E-state index contributed by atoms with van der Waals surface area (Å²) in [5, 5.41) is 5.85. The Morgan fingerprint density at radius 2 is 1.85 bits per heavy atom. The lowest BCUT2D eigenvalue weighted by molar-refractivity contribution is -0.119. The summed E-state index contributed by atoms with van der Waals surface area (Å²) >= 11 is 0.888. The van der Waals surface area contributed by atoms with Gasteiger partial charge in [-0.1, -0.05) is 51.3 Å². The van der Waals surface area contributed by atoms with E-state index in [1.807, 2.05) is 6.07 Å². The first kappa shape index (κ1) is 24.7. The molecule has 0 unspecified atom stereocenters. The molecule has 0 bridgehead atoms. The van der Waals surface area contributed by atoms with Gasteiger partial charge in [-0.2, -0.15) is 4.37 Å². The molecule has 1 aliphatic rings. The first-order chi connectivity index (χ1) is 15.9.